The van der Waals surface area contributed by atoms with E-state index in [9.17, 15) is 4.79 Å². The number of amides is 1. The maximum atomic E-state index is 12.1. The summed E-state index contributed by atoms with van der Waals surface area (Å²) in [6.45, 7) is 3.53. The Morgan fingerprint density at radius 3 is 3.04 bits per heavy atom. The van der Waals surface area contributed by atoms with Gasteiger partial charge in [0.05, 0.1) is 19.5 Å². The molecule has 23 heavy (non-hydrogen) atoms. The van der Waals surface area contributed by atoms with Crippen LogP contribution in [0.15, 0.2) is 41.3 Å². The third kappa shape index (κ3) is 2.57. The SMILES string of the molecule is O=C(NC[C@]12COC[C@H]1CN(c1ncccn1)C2)c1ccco1. The van der Waals surface area contributed by atoms with Crippen LogP contribution in [0.3, 0.4) is 0 Å². The molecule has 2 atom stereocenters. The quantitative estimate of drug-likeness (QED) is 0.905. The molecule has 1 N–H and O–H groups in total. The molecule has 0 aromatic carbocycles. The van der Waals surface area contributed by atoms with Crippen molar-refractivity contribution in [1.29, 1.82) is 0 Å². The molecular formula is C16H18N4O3. The van der Waals surface area contributed by atoms with Crippen LogP contribution in [0.4, 0.5) is 5.95 Å². The number of ether oxygens (including phenoxy) is 1. The Bertz CT molecular complexity index is 676. The van der Waals surface area contributed by atoms with Crippen LogP contribution in [0.25, 0.3) is 0 Å². The third-order valence-corrected chi connectivity index (χ3v) is 4.70. The minimum Gasteiger partial charge on any atom is -0.459 e. The average Bonchev–Trinajstić information content (AvgIpc) is 3.29. The largest absolute Gasteiger partial charge is 0.459 e. The number of hydrogen-bond donors (Lipinski definition) is 1. The molecule has 0 aliphatic carbocycles. The van der Waals surface area contributed by atoms with Crippen molar-refractivity contribution in [2.45, 2.75) is 0 Å². The van der Waals surface area contributed by atoms with E-state index in [2.05, 4.69) is 20.2 Å². The predicted octanol–water partition coefficient (Wildman–Crippen LogP) is 0.952. The topological polar surface area (TPSA) is 80.5 Å². The minimum atomic E-state index is -0.190. The summed E-state index contributed by atoms with van der Waals surface area (Å²) in [7, 11) is 0. The zero-order valence-corrected chi connectivity index (χ0v) is 12.6. The second-order valence-corrected chi connectivity index (χ2v) is 6.16. The van der Waals surface area contributed by atoms with Crippen LogP contribution in [0.5, 0.6) is 0 Å². The van der Waals surface area contributed by atoms with Crippen molar-refractivity contribution in [3.05, 3.63) is 42.6 Å². The van der Waals surface area contributed by atoms with Gasteiger partial charge < -0.3 is 19.4 Å². The molecule has 0 bridgehead atoms. The number of anilines is 1. The lowest BCUT2D eigenvalue weighted by Gasteiger charge is -2.27. The van der Waals surface area contributed by atoms with Crippen molar-refractivity contribution in [3.8, 4) is 0 Å². The molecule has 2 aliphatic rings. The van der Waals surface area contributed by atoms with Crippen LogP contribution in [-0.4, -0.2) is 48.7 Å². The highest BCUT2D eigenvalue weighted by molar-refractivity contribution is 5.91. The van der Waals surface area contributed by atoms with E-state index in [1.165, 1.54) is 6.26 Å². The van der Waals surface area contributed by atoms with Gasteiger partial charge in [-0.25, -0.2) is 9.97 Å². The zero-order chi connectivity index (χ0) is 15.7. The van der Waals surface area contributed by atoms with Crippen molar-refractivity contribution in [2.24, 2.45) is 11.3 Å². The fourth-order valence-electron chi connectivity index (χ4n) is 3.44. The molecule has 0 unspecified atom stereocenters. The normalized spacial score (nSPS) is 26.3. The lowest BCUT2D eigenvalue weighted by Crippen LogP contribution is -2.43. The maximum absolute atomic E-state index is 12.1. The van der Waals surface area contributed by atoms with E-state index in [4.69, 9.17) is 9.15 Å². The molecule has 2 aromatic heterocycles. The number of carbonyl (C=O) groups excluding carboxylic acids is 1. The Kier molecular flexibility index (Phi) is 3.49. The molecule has 0 radical (unpaired) electrons. The first-order valence-electron chi connectivity index (χ1n) is 7.68. The minimum absolute atomic E-state index is 0.0958. The van der Waals surface area contributed by atoms with Crippen LogP contribution in [0.2, 0.25) is 0 Å². The number of nitrogens with zero attached hydrogens (tertiary/aromatic N) is 3. The van der Waals surface area contributed by atoms with Gasteiger partial charge >= 0.3 is 0 Å². The lowest BCUT2D eigenvalue weighted by molar-refractivity contribution is 0.0892. The highest BCUT2D eigenvalue weighted by Crippen LogP contribution is 2.41. The third-order valence-electron chi connectivity index (χ3n) is 4.70. The van der Waals surface area contributed by atoms with Crippen molar-refractivity contribution in [2.75, 3.05) is 37.7 Å². The first-order chi connectivity index (χ1) is 11.3. The number of nitrogens with one attached hydrogen (secondary N) is 1. The van der Waals surface area contributed by atoms with Crippen LogP contribution in [0.1, 0.15) is 10.6 Å². The standard InChI is InChI=1S/C16H18N4O3/c21-14(13-3-1-6-23-13)19-9-16-10-20(7-12(16)8-22-11-16)15-17-4-2-5-18-15/h1-6,12H,7-11H2,(H,19,21)/t12-,16+/m1/s1. The molecule has 2 saturated heterocycles. The number of aromatic nitrogens is 2. The van der Waals surface area contributed by atoms with Gasteiger partial charge in [-0.2, -0.15) is 0 Å². The molecule has 120 valence electrons. The van der Waals surface area contributed by atoms with Crippen molar-refractivity contribution < 1.29 is 13.9 Å². The van der Waals surface area contributed by atoms with Gasteiger partial charge in [-0.15, -0.1) is 0 Å². The number of fused-ring (bicyclic) bond motifs is 1. The van der Waals surface area contributed by atoms with E-state index in [1.807, 2.05) is 6.07 Å². The van der Waals surface area contributed by atoms with Gasteiger partial charge in [-0.1, -0.05) is 0 Å². The fourth-order valence-corrected chi connectivity index (χ4v) is 3.44. The van der Waals surface area contributed by atoms with Crippen molar-refractivity contribution in [1.82, 2.24) is 15.3 Å². The summed E-state index contributed by atoms with van der Waals surface area (Å²) < 4.78 is 10.8. The van der Waals surface area contributed by atoms with Crippen LogP contribution >= 0.6 is 0 Å². The summed E-state index contributed by atoms with van der Waals surface area (Å²) in [5, 5.41) is 2.98. The van der Waals surface area contributed by atoms with E-state index in [0.717, 1.165) is 19.0 Å². The highest BCUT2D eigenvalue weighted by Gasteiger charge is 2.51. The van der Waals surface area contributed by atoms with Crippen molar-refractivity contribution >= 4 is 11.9 Å². The molecule has 4 heterocycles. The number of carbonyl (C=O) groups is 1. The molecule has 7 nitrogen and oxygen atoms in total. The van der Waals surface area contributed by atoms with E-state index in [-0.39, 0.29) is 11.3 Å². The fraction of sp³-hybridized carbons (Fsp3) is 0.438. The average molecular weight is 314 g/mol. The number of hydrogen-bond acceptors (Lipinski definition) is 6. The van der Waals surface area contributed by atoms with Crippen LogP contribution in [-0.2, 0) is 4.74 Å². The number of rotatable bonds is 4. The summed E-state index contributed by atoms with van der Waals surface area (Å²) in [5.41, 5.74) is -0.0958. The van der Waals surface area contributed by atoms with Crippen molar-refractivity contribution in [3.63, 3.8) is 0 Å². The Hall–Kier alpha value is -2.41. The summed E-state index contributed by atoms with van der Waals surface area (Å²) in [4.78, 5) is 22.9. The summed E-state index contributed by atoms with van der Waals surface area (Å²) >= 11 is 0. The summed E-state index contributed by atoms with van der Waals surface area (Å²) in [6, 6.07) is 5.18. The maximum Gasteiger partial charge on any atom is 0.286 e. The monoisotopic (exact) mass is 314 g/mol. The molecule has 2 aromatic rings. The molecule has 7 heteroatoms. The van der Waals surface area contributed by atoms with Gasteiger partial charge in [0.25, 0.3) is 5.91 Å². The van der Waals surface area contributed by atoms with E-state index in [1.54, 1.807) is 24.5 Å². The number of furan rings is 1. The van der Waals surface area contributed by atoms with Crippen LogP contribution in [0, 0.1) is 11.3 Å². The Labute approximate surface area is 133 Å². The van der Waals surface area contributed by atoms with E-state index in [0.29, 0.717) is 31.4 Å². The van der Waals surface area contributed by atoms with Gasteiger partial charge in [0.15, 0.2) is 5.76 Å². The van der Waals surface area contributed by atoms with E-state index < -0.39 is 0 Å². The lowest BCUT2D eigenvalue weighted by atomic mass is 9.81. The zero-order valence-electron chi connectivity index (χ0n) is 12.6. The summed E-state index contributed by atoms with van der Waals surface area (Å²) in [5.74, 6) is 1.24. The van der Waals surface area contributed by atoms with E-state index >= 15 is 0 Å². The highest BCUT2D eigenvalue weighted by atomic mass is 16.5. The van der Waals surface area contributed by atoms with Gasteiger partial charge in [-0.05, 0) is 18.2 Å². The first-order valence-corrected chi connectivity index (χ1v) is 7.68. The molecular weight excluding hydrogens is 296 g/mol. The van der Waals surface area contributed by atoms with Gasteiger partial charge in [-0.3, -0.25) is 4.79 Å². The van der Waals surface area contributed by atoms with Gasteiger partial charge in [0, 0.05) is 43.4 Å². The Morgan fingerprint density at radius 1 is 1.39 bits per heavy atom. The molecule has 1 amide bonds. The predicted molar refractivity (Wildman–Crippen MR) is 82.0 cm³/mol. The second kappa shape index (κ2) is 5.66. The second-order valence-electron chi connectivity index (χ2n) is 6.16. The molecule has 2 fully saturated rings. The molecule has 2 aliphatic heterocycles. The Balaban J connectivity index is 1.46. The molecule has 4 rings (SSSR count). The molecule has 0 spiro atoms. The van der Waals surface area contributed by atoms with Gasteiger partial charge in [0.2, 0.25) is 5.95 Å². The Morgan fingerprint density at radius 2 is 2.26 bits per heavy atom. The smallest absolute Gasteiger partial charge is 0.286 e. The first kappa shape index (κ1) is 14.2. The summed E-state index contributed by atoms with van der Waals surface area (Å²) in [6.07, 6.45) is 5.00. The molecule has 0 saturated carbocycles. The van der Waals surface area contributed by atoms with Crippen LogP contribution < -0.4 is 10.2 Å². The van der Waals surface area contributed by atoms with Gasteiger partial charge in [0.1, 0.15) is 0 Å².